The SMILES string of the molecule is Cc1ccccc1[C@@H](C)NC(=O)c1ccc2c(=O)[nH]c(=S)[nH]c2c1. The van der Waals surface area contributed by atoms with Crippen LogP contribution in [-0.4, -0.2) is 15.9 Å². The third-order valence-corrected chi connectivity index (χ3v) is 4.21. The molecule has 0 spiro atoms. The number of hydrogen-bond acceptors (Lipinski definition) is 3. The summed E-state index contributed by atoms with van der Waals surface area (Å²) in [7, 11) is 0. The molecule has 0 bridgehead atoms. The van der Waals surface area contributed by atoms with Gasteiger partial charge in [-0.1, -0.05) is 24.3 Å². The summed E-state index contributed by atoms with van der Waals surface area (Å²) < 4.78 is 0.235. The molecule has 1 atom stereocenters. The molecule has 0 saturated heterocycles. The molecule has 0 unspecified atom stereocenters. The van der Waals surface area contributed by atoms with Crippen molar-refractivity contribution in [2.24, 2.45) is 0 Å². The lowest BCUT2D eigenvalue weighted by molar-refractivity contribution is 0.0940. The van der Waals surface area contributed by atoms with Gasteiger partial charge in [0.25, 0.3) is 11.5 Å². The summed E-state index contributed by atoms with van der Waals surface area (Å²) >= 11 is 4.97. The predicted octanol–water partition coefficient (Wildman–Crippen LogP) is 3.39. The van der Waals surface area contributed by atoms with Crippen LogP contribution < -0.4 is 10.9 Å². The Morgan fingerprint density at radius 2 is 1.92 bits per heavy atom. The topological polar surface area (TPSA) is 77.8 Å². The van der Waals surface area contributed by atoms with Crippen LogP contribution in [0.5, 0.6) is 0 Å². The van der Waals surface area contributed by atoms with E-state index < -0.39 is 0 Å². The molecule has 0 fully saturated rings. The number of carbonyl (C=O) groups is 1. The van der Waals surface area contributed by atoms with Crippen LogP contribution in [-0.2, 0) is 0 Å². The van der Waals surface area contributed by atoms with Gasteiger partial charge in [0.05, 0.1) is 16.9 Å². The van der Waals surface area contributed by atoms with Gasteiger partial charge >= 0.3 is 0 Å². The van der Waals surface area contributed by atoms with Crippen LogP contribution in [0.15, 0.2) is 47.3 Å². The van der Waals surface area contributed by atoms with Crippen molar-refractivity contribution in [2.75, 3.05) is 0 Å². The monoisotopic (exact) mass is 339 g/mol. The highest BCUT2D eigenvalue weighted by molar-refractivity contribution is 7.71. The maximum absolute atomic E-state index is 12.5. The molecule has 0 radical (unpaired) electrons. The van der Waals surface area contributed by atoms with E-state index in [-0.39, 0.29) is 22.3 Å². The second kappa shape index (κ2) is 6.41. The highest BCUT2D eigenvalue weighted by atomic mass is 32.1. The van der Waals surface area contributed by atoms with Crippen LogP contribution in [0.2, 0.25) is 0 Å². The summed E-state index contributed by atoms with van der Waals surface area (Å²) in [6.45, 7) is 3.96. The lowest BCUT2D eigenvalue weighted by atomic mass is 10.0. The molecule has 1 amide bonds. The molecule has 3 rings (SSSR count). The lowest BCUT2D eigenvalue weighted by Gasteiger charge is -2.16. The molecular formula is C18H17N3O2S. The Labute approximate surface area is 143 Å². The second-order valence-electron chi connectivity index (χ2n) is 5.72. The van der Waals surface area contributed by atoms with Gasteiger partial charge in [-0.3, -0.25) is 14.6 Å². The predicted molar refractivity (Wildman–Crippen MR) is 96.8 cm³/mol. The Kier molecular flexibility index (Phi) is 4.31. The van der Waals surface area contributed by atoms with E-state index in [2.05, 4.69) is 15.3 Å². The van der Waals surface area contributed by atoms with Crippen LogP contribution in [0.3, 0.4) is 0 Å². The van der Waals surface area contributed by atoms with Crippen molar-refractivity contribution in [3.8, 4) is 0 Å². The van der Waals surface area contributed by atoms with Gasteiger partial charge < -0.3 is 10.3 Å². The molecule has 1 heterocycles. The van der Waals surface area contributed by atoms with Crippen LogP contribution in [0, 0.1) is 11.7 Å². The zero-order valence-corrected chi connectivity index (χ0v) is 14.2. The Balaban J connectivity index is 1.90. The minimum atomic E-state index is -0.269. The van der Waals surface area contributed by atoms with E-state index in [4.69, 9.17) is 12.2 Å². The molecule has 0 aliphatic rings. The Morgan fingerprint density at radius 3 is 2.67 bits per heavy atom. The molecule has 5 nitrogen and oxygen atoms in total. The molecule has 1 aromatic heterocycles. The number of nitrogens with one attached hydrogen (secondary N) is 3. The molecule has 2 aromatic carbocycles. The first-order valence-electron chi connectivity index (χ1n) is 7.58. The molecule has 6 heteroatoms. The minimum absolute atomic E-state index is 0.118. The lowest BCUT2D eigenvalue weighted by Crippen LogP contribution is -2.27. The first-order chi connectivity index (χ1) is 11.5. The van der Waals surface area contributed by atoms with Gasteiger partial charge in [-0.2, -0.15) is 0 Å². The van der Waals surface area contributed by atoms with E-state index in [9.17, 15) is 9.59 Å². The third kappa shape index (κ3) is 3.14. The number of aromatic nitrogens is 2. The van der Waals surface area contributed by atoms with Crippen LogP contribution in [0.25, 0.3) is 10.9 Å². The van der Waals surface area contributed by atoms with Crippen molar-refractivity contribution < 1.29 is 4.79 Å². The number of carbonyl (C=O) groups excluding carboxylic acids is 1. The molecule has 3 aromatic rings. The van der Waals surface area contributed by atoms with Crippen LogP contribution in [0.4, 0.5) is 0 Å². The van der Waals surface area contributed by atoms with Crippen molar-refractivity contribution in [3.05, 3.63) is 74.3 Å². The summed E-state index contributed by atoms with van der Waals surface area (Å²) in [5.41, 5.74) is 2.94. The fraction of sp³-hybridized carbons (Fsp3) is 0.167. The average molecular weight is 339 g/mol. The van der Waals surface area contributed by atoms with Gasteiger partial charge in [-0.05, 0) is 55.4 Å². The smallest absolute Gasteiger partial charge is 0.259 e. The van der Waals surface area contributed by atoms with Gasteiger partial charge in [-0.25, -0.2) is 0 Å². The number of H-pyrrole nitrogens is 2. The summed E-state index contributed by atoms with van der Waals surface area (Å²) in [6, 6.07) is 12.7. The minimum Gasteiger partial charge on any atom is -0.346 e. The van der Waals surface area contributed by atoms with E-state index in [1.165, 1.54) is 0 Å². The van der Waals surface area contributed by atoms with Crippen molar-refractivity contribution >= 4 is 29.0 Å². The summed E-state index contributed by atoms with van der Waals surface area (Å²) in [4.78, 5) is 29.8. The Bertz CT molecular complexity index is 1040. The number of amides is 1. The second-order valence-corrected chi connectivity index (χ2v) is 6.13. The standard InChI is InChI=1S/C18H17N3O2S/c1-10-5-3-4-6-13(10)11(2)19-16(22)12-7-8-14-15(9-12)20-18(24)21-17(14)23/h3-9,11H,1-2H3,(H,19,22)(H2,20,21,23,24)/t11-/m1/s1. The number of aryl methyl sites for hydroxylation is 1. The van der Waals surface area contributed by atoms with Crippen LogP contribution >= 0.6 is 12.2 Å². The first-order valence-corrected chi connectivity index (χ1v) is 7.99. The summed E-state index contributed by atoms with van der Waals surface area (Å²) in [6.07, 6.45) is 0. The average Bonchev–Trinajstić information content (AvgIpc) is 2.54. The fourth-order valence-corrected chi connectivity index (χ4v) is 2.94. The highest BCUT2D eigenvalue weighted by Crippen LogP contribution is 2.18. The molecule has 0 aliphatic heterocycles. The maximum atomic E-state index is 12.5. The zero-order chi connectivity index (χ0) is 17.3. The molecule has 0 saturated carbocycles. The van der Waals surface area contributed by atoms with Crippen molar-refractivity contribution in [2.45, 2.75) is 19.9 Å². The first kappa shape index (κ1) is 16.1. The highest BCUT2D eigenvalue weighted by Gasteiger charge is 2.13. The van der Waals surface area contributed by atoms with E-state index >= 15 is 0 Å². The van der Waals surface area contributed by atoms with Gasteiger partial charge in [0.1, 0.15) is 0 Å². The van der Waals surface area contributed by atoms with Crippen molar-refractivity contribution in [3.63, 3.8) is 0 Å². The Morgan fingerprint density at radius 1 is 1.17 bits per heavy atom. The maximum Gasteiger partial charge on any atom is 0.259 e. The van der Waals surface area contributed by atoms with Crippen molar-refractivity contribution in [1.29, 1.82) is 0 Å². The number of fused-ring (bicyclic) bond motifs is 1. The van der Waals surface area contributed by atoms with E-state index in [1.54, 1.807) is 18.2 Å². The van der Waals surface area contributed by atoms with Gasteiger partial charge in [0.2, 0.25) is 0 Å². The molecule has 122 valence electrons. The number of hydrogen-bond donors (Lipinski definition) is 3. The summed E-state index contributed by atoms with van der Waals surface area (Å²) in [5, 5.41) is 3.45. The van der Waals surface area contributed by atoms with E-state index in [1.807, 2.05) is 38.1 Å². The van der Waals surface area contributed by atoms with Crippen molar-refractivity contribution in [1.82, 2.24) is 15.3 Å². The van der Waals surface area contributed by atoms with Crippen LogP contribution in [0.1, 0.15) is 34.5 Å². The Hall–Kier alpha value is -2.73. The largest absolute Gasteiger partial charge is 0.346 e. The normalized spacial score (nSPS) is 12.1. The molecule has 0 aliphatic carbocycles. The number of rotatable bonds is 3. The fourth-order valence-electron chi connectivity index (χ4n) is 2.74. The number of aromatic amines is 2. The molecule has 24 heavy (non-hydrogen) atoms. The summed E-state index contributed by atoms with van der Waals surface area (Å²) in [5.74, 6) is -0.202. The van der Waals surface area contributed by atoms with E-state index in [0.717, 1.165) is 11.1 Å². The molecule has 3 N–H and O–H groups in total. The quantitative estimate of drug-likeness (QED) is 0.640. The van der Waals surface area contributed by atoms with E-state index in [0.29, 0.717) is 16.5 Å². The molecular weight excluding hydrogens is 322 g/mol. The zero-order valence-electron chi connectivity index (χ0n) is 13.3. The third-order valence-electron chi connectivity index (χ3n) is 4.00. The van der Waals surface area contributed by atoms with Gasteiger partial charge in [-0.15, -0.1) is 0 Å². The van der Waals surface area contributed by atoms with Gasteiger partial charge in [0, 0.05) is 5.56 Å². The van der Waals surface area contributed by atoms with Gasteiger partial charge in [0.15, 0.2) is 4.77 Å². The number of benzene rings is 2.